The molecule has 0 fully saturated rings. The number of hydrogen-bond acceptors (Lipinski definition) is 2. The molecule has 60 valence electrons. The summed E-state index contributed by atoms with van der Waals surface area (Å²) in [4.78, 5) is 10.4. The van der Waals surface area contributed by atoms with E-state index in [0.29, 0.717) is 0 Å². The first-order valence-corrected chi connectivity index (χ1v) is 2.76. The molecule has 1 rings (SSSR count). The average molecular weight is 179 g/mol. The Morgan fingerprint density at radius 2 is 1.83 bits per heavy atom. The minimum Gasteiger partial charge on any atom is -0.870 e. The number of nitrogens with two attached hydrogens (primary N) is 1. The van der Waals surface area contributed by atoms with Crippen molar-refractivity contribution in [1.29, 1.82) is 0 Å². The van der Waals surface area contributed by atoms with Crippen molar-refractivity contribution in [3.05, 3.63) is 35.6 Å². The van der Waals surface area contributed by atoms with E-state index in [1.807, 2.05) is 0 Å². The SMILES string of the molecule is NC(=O)c1ccccc1F.[Na+].[OH-]. The van der Waals surface area contributed by atoms with Crippen LogP contribution >= 0.6 is 0 Å². The summed E-state index contributed by atoms with van der Waals surface area (Å²) < 4.78 is 12.5. The number of primary amides is 1. The van der Waals surface area contributed by atoms with E-state index >= 15 is 0 Å². The largest absolute Gasteiger partial charge is 1.00 e. The number of benzene rings is 1. The van der Waals surface area contributed by atoms with E-state index in [-0.39, 0.29) is 40.6 Å². The fourth-order valence-corrected chi connectivity index (χ4v) is 0.661. The minimum atomic E-state index is -0.738. The molecular formula is C7H7FNNaO2. The predicted molar refractivity (Wildman–Crippen MR) is 36.9 cm³/mol. The van der Waals surface area contributed by atoms with Gasteiger partial charge in [-0.25, -0.2) is 4.39 Å². The van der Waals surface area contributed by atoms with Gasteiger partial charge in [-0.2, -0.15) is 0 Å². The van der Waals surface area contributed by atoms with Crippen LogP contribution in [0.15, 0.2) is 24.3 Å². The number of amides is 1. The van der Waals surface area contributed by atoms with Gasteiger partial charge in [-0.1, -0.05) is 12.1 Å². The number of carbonyl (C=O) groups excluding carboxylic acids is 1. The van der Waals surface area contributed by atoms with Crippen molar-refractivity contribution in [2.45, 2.75) is 0 Å². The smallest absolute Gasteiger partial charge is 0.870 e. The van der Waals surface area contributed by atoms with Gasteiger partial charge in [0, 0.05) is 0 Å². The Morgan fingerprint density at radius 3 is 2.17 bits per heavy atom. The fraction of sp³-hybridized carbons (Fsp3) is 0. The van der Waals surface area contributed by atoms with E-state index in [1.54, 1.807) is 6.07 Å². The molecule has 0 atom stereocenters. The summed E-state index contributed by atoms with van der Waals surface area (Å²) in [5, 5.41) is 0. The van der Waals surface area contributed by atoms with Crippen LogP contribution in [0.1, 0.15) is 10.4 Å². The van der Waals surface area contributed by atoms with E-state index in [1.165, 1.54) is 18.2 Å². The van der Waals surface area contributed by atoms with E-state index < -0.39 is 11.7 Å². The van der Waals surface area contributed by atoms with Gasteiger partial charge in [0.05, 0.1) is 5.56 Å². The Kier molecular flexibility index (Phi) is 7.22. The van der Waals surface area contributed by atoms with Crippen LogP contribution in [0.4, 0.5) is 4.39 Å². The van der Waals surface area contributed by atoms with Crippen molar-refractivity contribution >= 4 is 5.91 Å². The molecule has 0 saturated carbocycles. The molecule has 0 bridgehead atoms. The van der Waals surface area contributed by atoms with Crippen molar-refractivity contribution in [2.24, 2.45) is 5.73 Å². The first-order chi connectivity index (χ1) is 4.72. The van der Waals surface area contributed by atoms with Gasteiger partial charge < -0.3 is 11.2 Å². The maximum atomic E-state index is 12.5. The van der Waals surface area contributed by atoms with Crippen LogP contribution in [0, 0.1) is 5.82 Å². The molecule has 3 nitrogen and oxygen atoms in total. The van der Waals surface area contributed by atoms with Crippen LogP contribution in [0.3, 0.4) is 0 Å². The summed E-state index contributed by atoms with van der Waals surface area (Å²) >= 11 is 0. The standard InChI is InChI=1S/C7H6FNO.Na.H2O/c8-6-4-2-1-3-5(6)7(9)10;;/h1-4H,(H2,9,10);;1H2/q;+1;/p-1. The van der Waals surface area contributed by atoms with Crippen LogP contribution in [-0.4, -0.2) is 11.4 Å². The number of halogens is 1. The van der Waals surface area contributed by atoms with Crippen LogP contribution in [-0.2, 0) is 0 Å². The first kappa shape index (κ1) is 14.1. The molecule has 0 unspecified atom stereocenters. The van der Waals surface area contributed by atoms with Gasteiger partial charge >= 0.3 is 29.6 Å². The Balaban J connectivity index is 0. The molecule has 0 aliphatic rings. The van der Waals surface area contributed by atoms with Crippen LogP contribution in [0.5, 0.6) is 0 Å². The van der Waals surface area contributed by atoms with Crippen LogP contribution < -0.4 is 35.3 Å². The van der Waals surface area contributed by atoms with E-state index in [4.69, 9.17) is 5.73 Å². The molecular weight excluding hydrogens is 172 g/mol. The van der Waals surface area contributed by atoms with Gasteiger partial charge in [-0.15, -0.1) is 0 Å². The quantitative estimate of drug-likeness (QED) is 0.495. The van der Waals surface area contributed by atoms with Crippen molar-refractivity contribution < 1.29 is 44.2 Å². The number of rotatable bonds is 1. The van der Waals surface area contributed by atoms with Gasteiger partial charge in [0.25, 0.3) is 5.91 Å². The zero-order valence-corrected chi connectivity index (χ0v) is 8.62. The van der Waals surface area contributed by atoms with Gasteiger partial charge in [0.15, 0.2) is 0 Å². The summed E-state index contributed by atoms with van der Waals surface area (Å²) in [6, 6.07) is 5.60. The van der Waals surface area contributed by atoms with Crippen molar-refractivity contribution in [3.63, 3.8) is 0 Å². The zero-order valence-electron chi connectivity index (χ0n) is 6.62. The summed E-state index contributed by atoms with van der Waals surface area (Å²) in [6.07, 6.45) is 0. The van der Waals surface area contributed by atoms with Crippen molar-refractivity contribution in [2.75, 3.05) is 0 Å². The Morgan fingerprint density at radius 1 is 1.33 bits per heavy atom. The monoisotopic (exact) mass is 179 g/mol. The van der Waals surface area contributed by atoms with Gasteiger partial charge in [0.2, 0.25) is 0 Å². The van der Waals surface area contributed by atoms with Crippen molar-refractivity contribution in [1.82, 2.24) is 0 Å². The molecule has 0 spiro atoms. The van der Waals surface area contributed by atoms with Gasteiger partial charge in [-0.05, 0) is 12.1 Å². The number of carbonyl (C=O) groups is 1. The molecule has 5 heteroatoms. The second-order valence-electron chi connectivity index (χ2n) is 1.84. The molecule has 1 amide bonds. The second-order valence-corrected chi connectivity index (χ2v) is 1.84. The second kappa shape index (κ2) is 6.14. The molecule has 0 aliphatic carbocycles. The fourth-order valence-electron chi connectivity index (χ4n) is 0.661. The average Bonchev–Trinajstić information content (AvgIpc) is 1.88. The first-order valence-electron chi connectivity index (χ1n) is 2.76. The molecule has 1 aromatic rings. The molecule has 0 heterocycles. The number of hydrogen-bond donors (Lipinski definition) is 1. The third-order valence-corrected chi connectivity index (χ3v) is 1.14. The van der Waals surface area contributed by atoms with Gasteiger partial charge in [0.1, 0.15) is 5.82 Å². The van der Waals surface area contributed by atoms with E-state index in [0.717, 1.165) is 0 Å². The van der Waals surface area contributed by atoms with E-state index in [2.05, 4.69) is 0 Å². The van der Waals surface area contributed by atoms with E-state index in [9.17, 15) is 9.18 Å². The maximum absolute atomic E-state index is 12.5. The maximum Gasteiger partial charge on any atom is 1.00 e. The van der Waals surface area contributed by atoms with Crippen LogP contribution in [0.2, 0.25) is 0 Å². The Bertz CT molecular complexity index is 267. The zero-order chi connectivity index (χ0) is 7.56. The Labute approximate surface area is 91.4 Å². The molecule has 0 radical (unpaired) electrons. The predicted octanol–water partition coefficient (Wildman–Crippen LogP) is -2.25. The van der Waals surface area contributed by atoms with Crippen molar-refractivity contribution in [3.8, 4) is 0 Å². The molecule has 0 aromatic heterocycles. The third-order valence-electron chi connectivity index (χ3n) is 1.14. The molecule has 12 heavy (non-hydrogen) atoms. The molecule has 0 saturated heterocycles. The summed E-state index contributed by atoms with van der Waals surface area (Å²) in [5.41, 5.74) is 4.77. The normalized spacial score (nSPS) is 7.75. The minimum absolute atomic E-state index is 0. The summed E-state index contributed by atoms with van der Waals surface area (Å²) in [5.74, 6) is -1.31. The molecule has 3 N–H and O–H groups in total. The Hall–Kier alpha value is -0.420. The van der Waals surface area contributed by atoms with Crippen LogP contribution in [0.25, 0.3) is 0 Å². The summed E-state index contributed by atoms with van der Waals surface area (Å²) in [6.45, 7) is 0. The van der Waals surface area contributed by atoms with Gasteiger partial charge in [-0.3, -0.25) is 4.79 Å². The topological polar surface area (TPSA) is 73.1 Å². The summed E-state index contributed by atoms with van der Waals surface area (Å²) in [7, 11) is 0. The molecule has 0 aliphatic heterocycles. The third kappa shape index (κ3) is 3.32. The molecule has 1 aromatic carbocycles.